The van der Waals surface area contributed by atoms with Crippen molar-refractivity contribution >= 4 is 5.97 Å². The second-order valence-corrected chi connectivity index (χ2v) is 8.40. The van der Waals surface area contributed by atoms with Crippen LogP contribution >= 0.6 is 0 Å². The van der Waals surface area contributed by atoms with E-state index < -0.39 is 5.97 Å². The molecule has 33 heavy (non-hydrogen) atoms. The molecule has 2 unspecified atom stereocenters. The number of likely N-dealkylation sites (tertiary alicyclic amines) is 1. The molecule has 4 rings (SSSR count). The predicted octanol–water partition coefficient (Wildman–Crippen LogP) is 4.75. The number of ether oxygens (including phenoxy) is 2. The summed E-state index contributed by atoms with van der Waals surface area (Å²) in [6.07, 6.45) is 4.08. The van der Waals surface area contributed by atoms with Gasteiger partial charge in [0, 0.05) is 30.9 Å². The molecule has 1 fully saturated rings. The molecule has 1 aliphatic heterocycles. The average Bonchev–Trinajstić information content (AvgIpc) is 2.87. The third-order valence-electron chi connectivity index (χ3n) is 6.18. The third kappa shape index (κ3) is 5.90. The van der Waals surface area contributed by atoms with E-state index in [2.05, 4.69) is 16.0 Å². The molecule has 1 N–H and O–H groups in total. The summed E-state index contributed by atoms with van der Waals surface area (Å²) in [7, 11) is 1.64. The molecule has 1 aliphatic rings. The fraction of sp³-hybridized carbons (Fsp3) is 0.333. The number of carboxylic acid groups (broad SMARTS) is 1. The Morgan fingerprint density at radius 1 is 1.12 bits per heavy atom. The Labute approximate surface area is 194 Å². The summed E-state index contributed by atoms with van der Waals surface area (Å²) in [5, 5.41) is 9.59. The zero-order valence-electron chi connectivity index (χ0n) is 18.9. The van der Waals surface area contributed by atoms with Gasteiger partial charge in [0.25, 0.3) is 0 Å². The number of hydrogen-bond acceptors (Lipinski definition) is 5. The number of piperidine rings is 1. The summed E-state index contributed by atoms with van der Waals surface area (Å²) in [5.41, 5.74) is 3.13. The molecular weight excluding hydrogens is 416 g/mol. The van der Waals surface area contributed by atoms with Gasteiger partial charge >= 0.3 is 5.97 Å². The average molecular weight is 447 g/mol. The Balaban J connectivity index is 1.59. The van der Waals surface area contributed by atoms with E-state index in [1.54, 1.807) is 13.3 Å². The highest BCUT2D eigenvalue weighted by Crippen LogP contribution is 2.35. The fourth-order valence-electron chi connectivity index (χ4n) is 4.41. The van der Waals surface area contributed by atoms with Gasteiger partial charge in [0.05, 0.1) is 13.0 Å². The van der Waals surface area contributed by atoms with E-state index in [1.807, 2.05) is 60.7 Å². The van der Waals surface area contributed by atoms with Gasteiger partial charge in [0.1, 0.15) is 6.61 Å². The molecule has 1 saturated heterocycles. The number of benzene rings is 2. The van der Waals surface area contributed by atoms with Crippen LogP contribution in [0.15, 0.2) is 72.9 Å². The number of carboxylic acids is 1. The lowest BCUT2D eigenvalue weighted by Gasteiger charge is -2.37. The van der Waals surface area contributed by atoms with Crippen LogP contribution in [0, 0.1) is 5.92 Å². The third-order valence-corrected chi connectivity index (χ3v) is 6.18. The van der Waals surface area contributed by atoms with Gasteiger partial charge in [0.2, 0.25) is 0 Å². The van der Waals surface area contributed by atoms with Crippen molar-refractivity contribution in [3.8, 4) is 11.5 Å². The fourth-order valence-corrected chi connectivity index (χ4v) is 4.41. The van der Waals surface area contributed by atoms with E-state index in [1.165, 1.54) is 0 Å². The number of pyridine rings is 1. The zero-order valence-corrected chi connectivity index (χ0v) is 18.9. The Morgan fingerprint density at radius 3 is 2.67 bits per heavy atom. The van der Waals surface area contributed by atoms with Crippen LogP contribution in [0.3, 0.4) is 0 Å². The van der Waals surface area contributed by atoms with Crippen LogP contribution in [-0.2, 0) is 17.8 Å². The number of methoxy groups -OCH3 is 1. The second-order valence-electron chi connectivity index (χ2n) is 8.40. The molecular formula is C27H30N2O4. The standard InChI is InChI=1S/C27H30N2O4/c1-32-26-16-21(12-13-25(26)33-19-20-8-3-2-4-9-20)24(17-23-11-5-6-14-28-23)29-15-7-10-22(18-29)27(30)31/h2-6,8-9,11-14,16,22,24H,7,10,15,17-19H2,1H3,(H,30,31). The lowest BCUT2D eigenvalue weighted by molar-refractivity contribution is -0.144. The van der Waals surface area contributed by atoms with Gasteiger partial charge in [-0.25, -0.2) is 0 Å². The minimum Gasteiger partial charge on any atom is -0.493 e. The Bertz CT molecular complexity index is 1040. The lowest BCUT2D eigenvalue weighted by Crippen LogP contribution is -2.41. The smallest absolute Gasteiger partial charge is 0.307 e. The Hall–Kier alpha value is -3.38. The van der Waals surface area contributed by atoms with Gasteiger partial charge in [-0.15, -0.1) is 0 Å². The number of carbonyl (C=O) groups is 1. The van der Waals surface area contributed by atoms with Crippen molar-refractivity contribution in [3.05, 3.63) is 89.7 Å². The van der Waals surface area contributed by atoms with Crippen LogP contribution < -0.4 is 9.47 Å². The lowest BCUT2D eigenvalue weighted by atomic mass is 9.92. The van der Waals surface area contributed by atoms with Gasteiger partial charge in [-0.05, 0) is 54.8 Å². The summed E-state index contributed by atoms with van der Waals surface area (Å²) in [6, 6.07) is 21.9. The van der Waals surface area contributed by atoms with Crippen molar-refractivity contribution in [1.82, 2.24) is 9.88 Å². The van der Waals surface area contributed by atoms with Crippen LogP contribution in [0.4, 0.5) is 0 Å². The van der Waals surface area contributed by atoms with Gasteiger partial charge in [-0.2, -0.15) is 0 Å². The number of aliphatic carboxylic acids is 1. The second kappa shape index (κ2) is 11.0. The highest BCUT2D eigenvalue weighted by Gasteiger charge is 2.31. The molecule has 0 aliphatic carbocycles. The number of aromatic nitrogens is 1. The highest BCUT2D eigenvalue weighted by molar-refractivity contribution is 5.70. The normalized spacial score (nSPS) is 17.3. The maximum absolute atomic E-state index is 11.7. The summed E-state index contributed by atoms with van der Waals surface area (Å²) in [4.78, 5) is 18.5. The van der Waals surface area contributed by atoms with E-state index in [4.69, 9.17) is 9.47 Å². The van der Waals surface area contributed by atoms with E-state index in [0.29, 0.717) is 31.1 Å². The first-order chi connectivity index (χ1) is 16.1. The molecule has 3 aromatic rings. The van der Waals surface area contributed by atoms with Crippen LogP contribution in [-0.4, -0.2) is 41.2 Å². The Kier molecular flexibility index (Phi) is 7.58. The van der Waals surface area contributed by atoms with Crippen molar-refractivity contribution in [2.75, 3.05) is 20.2 Å². The number of hydrogen-bond donors (Lipinski definition) is 1. The van der Waals surface area contributed by atoms with Crippen molar-refractivity contribution in [3.63, 3.8) is 0 Å². The predicted molar refractivity (Wildman–Crippen MR) is 126 cm³/mol. The molecule has 6 heteroatoms. The minimum atomic E-state index is -0.724. The summed E-state index contributed by atoms with van der Waals surface area (Å²) in [5.74, 6) is 0.281. The first-order valence-electron chi connectivity index (χ1n) is 11.4. The zero-order chi connectivity index (χ0) is 23.0. The highest BCUT2D eigenvalue weighted by atomic mass is 16.5. The van der Waals surface area contributed by atoms with Crippen LogP contribution in [0.5, 0.6) is 11.5 Å². The topological polar surface area (TPSA) is 71.9 Å². The van der Waals surface area contributed by atoms with Crippen molar-refractivity contribution < 1.29 is 19.4 Å². The molecule has 6 nitrogen and oxygen atoms in total. The van der Waals surface area contributed by atoms with Crippen LogP contribution in [0.2, 0.25) is 0 Å². The molecule has 2 atom stereocenters. The van der Waals surface area contributed by atoms with Crippen molar-refractivity contribution in [2.24, 2.45) is 5.92 Å². The molecule has 2 heterocycles. The summed E-state index contributed by atoms with van der Waals surface area (Å²) in [6.45, 7) is 1.84. The summed E-state index contributed by atoms with van der Waals surface area (Å²) < 4.78 is 11.7. The maximum atomic E-state index is 11.7. The van der Waals surface area contributed by atoms with E-state index in [9.17, 15) is 9.90 Å². The molecule has 0 radical (unpaired) electrons. The van der Waals surface area contributed by atoms with Gasteiger partial charge in [-0.3, -0.25) is 14.7 Å². The minimum absolute atomic E-state index is 0.000812. The van der Waals surface area contributed by atoms with Gasteiger partial charge < -0.3 is 14.6 Å². The van der Waals surface area contributed by atoms with E-state index in [0.717, 1.165) is 36.2 Å². The molecule has 0 saturated carbocycles. The maximum Gasteiger partial charge on any atom is 0.307 e. The monoisotopic (exact) mass is 446 g/mol. The quantitative estimate of drug-likeness (QED) is 0.511. The molecule has 0 bridgehead atoms. The number of rotatable bonds is 9. The molecule has 2 aromatic carbocycles. The molecule has 0 spiro atoms. The SMILES string of the molecule is COc1cc(C(Cc2ccccn2)N2CCCC(C(=O)O)C2)ccc1OCc1ccccc1. The first kappa shape index (κ1) is 22.8. The van der Waals surface area contributed by atoms with E-state index in [-0.39, 0.29) is 12.0 Å². The van der Waals surface area contributed by atoms with Gasteiger partial charge in [0.15, 0.2) is 11.5 Å². The van der Waals surface area contributed by atoms with Crippen molar-refractivity contribution in [1.29, 1.82) is 0 Å². The van der Waals surface area contributed by atoms with Crippen LogP contribution in [0.25, 0.3) is 0 Å². The number of nitrogens with zero attached hydrogens (tertiary/aromatic N) is 2. The summed E-state index contributed by atoms with van der Waals surface area (Å²) >= 11 is 0. The first-order valence-corrected chi connectivity index (χ1v) is 11.4. The molecule has 172 valence electrons. The van der Waals surface area contributed by atoms with E-state index >= 15 is 0 Å². The Morgan fingerprint density at radius 2 is 1.94 bits per heavy atom. The van der Waals surface area contributed by atoms with Crippen LogP contribution in [0.1, 0.15) is 35.7 Å². The molecule has 0 amide bonds. The largest absolute Gasteiger partial charge is 0.493 e. The molecule has 1 aromatic heterocycles. The van der Waals surface area contributed by atoms with Crippen molar-refractivity contribution in [2.45, 2.75) is 31.9 Å². The van der Waals surface area contributed by atoms with Gasteiger partial charge in [-0.1, -0.05) is 42.5 Å².